The second-order valence-electron chi connectivity index (χ2n) is 5.13. The van der Waals surface area contributed by atoms with E-state index in [-0.39, 0.29) is 22.7 Å². The average molecular weight is 381 g/mol. The van der Waals surface area contributed by atoms with E-state index in [2.05, 4.69) is 5.10 Å². The molecule has 10 heteroatoms. The molecule has 0 fully saturated rings. The monoisotopic (exact) mass is 381 g/mol. The van der Waals surface area contributed by atoms with Crippen LogP contribution >= 0.6 is 0 Å². The zero-order valence-corrected chi connectivity index (χ0v) is 13.9. The number of amides is 2. The van der Waals surface area contributed by atoms with Gasteiger partial charge in [-0.25, -0.2) is 5.43 Å². The predicted octanol–water partition coefficient (Wildman–Crippen LogP) is 2.51. The lowest BCUT2D eigenvalue weighted by molar-refractivity contribution is -0.137. The Morgan fingerprint density at radius 3 is 2.52 bits per heavy atom. The number of anilines is 1. The summed E-state index contributed by atoms with van der Waals surface area (Å²) >= 11 is 0. The van der Waals surface area contributed by atoms with Gasteiger partial charge in [-0.2, -0.15) is 18.3 Å². The van der Waals surface area contributed by atoms with Crippen molar-refractivity contribution in [1.82, 2.24) is 5.43 Å². The topological polar surface area (TPSA) is 100 Å². The number of alkyl halides is 3. The number of carbonyl (C=O) groups excluding carboxylic acids is 2. The Kier molecular flexibility index (Phi) is 6.01. The van der Waals surface area contributed by atoms with E-state index in [1.54, 1.807) is 6.07 Å². The minimum Gasteiger partial charge on any atom is -0.504 e. The fourth-order valence-electron chi connectivity index (χ4n) is 1.98. The highest BCUT2D eigenvalue weighted by Gasteiger charge is 2.30. The van der Waals surface area contributed by atoms with E-state index in [0.29, 0.717) is 6.07 Å². The number of methoxy groups -OCH3 is 1. The van der Waals surface area contributed by atoms with Crippen molar-refractivity contribution < 1.29 is 32.6 Å². The van der Waals surface area contributed by atoms with E-state index in [4.69, 9.17) is 4.74 Å². The maximum absolute atomic E-state index is 12.6. The van der Waals surface area contributed by atoms with E-state index in [1.807, 2.05) is 10.7 Å². The van der Waals surface area contributed by atoms with Crippen molar-refractivity contribution in [1.29, 1.82) is 0 Å². The number of carbonyl (C=O) groups is 2. The first kappa shape index (κ1) is 19.8. The molecule has 2 aromatic carbocycles. The van der Waals surface area contributed by atoms with Crippen LogP contribution in [0.4, 0.5) is 18.9 Å². The molecule has 2 aromatic rings. The largest absolute Gasteiger partial charge is 0.504 e. The number of nitrogens with zero attached hydrogens (tertiary/aromatic N) is 1. The van der Waals surface area contributed by atoms with Gasteiger partial charge in [-0.15, -0.1) is 0 Å². The second-order valence-corrected chi connectivity index (χ2v) is 5.13. The van der Waals surface area contributed by atoms with Crippen molar-refractivity contribution in [2.24, 2.45) is 5.10 Å². The molecule has 0 saturated heterocycles. The third-order valence-corrected chi connectivity index (χ3v) is 3.27. The van der Waals surface area contributed by atoms with Crippen LogP contribution in [0.2, 0.25) is 0 Å². The number of para-hydroxylation sites is 1. The van der Waals surface area contributed by atoms with Gasteiger partial charge in [0, 0.05) is 11.3 Å². The molecule has 7 nitrogen and oxygen atoms in total. The van der Waals surface area contributed by atoms with Crippen molar-refractivity contribution in [2.75, 3.05) is 12.4 Å². The van der Waals surface area contributed by atoms with Crippen LogP contribution in [-0.2, 0) is 15.8 Å². The zero-order valence-electron chi connectivity index (χ0n) is 13.9. The Morgan fingerprint density at radius 1 is 1.15 bits per heavy atom. The van der Waals surface area contributed by atoms with E-state index in [0.717, 1.165) is 18.3 Å². The summed E-state index contributed by atoms with van der Waals surface area (Å²) in [4.78, 5) is 23.4. The maximum atomic E-state index is 12.6. The molecule has 2 amide bonds. The number of phenols is 1. The molecule has 27 heavy (non-hydrogen) atoms. The van der Waals surface area contributed by atoms with Gasteiger partial charge in [-0.3, -0.25) is 9.59 Å². The first-order chi connectivity index (χ1) is 12.7. The van der Waals surface area contributed by atoms with Gasteiger partial charge in [0.15, 0.2) is 11.5 Å². The third-order valence-electron chi connectivity index (χ3n) is 3.27. The third kappa shape index (κ3) is 5.21. The normalized spacial score (nSPS) is 11.3. The minimum absolute atomic E-state index is 0.188. The summed E-state index contributed by atoms with van der Waals surface area (Å²) in [6.07, 6.45) is -3.50. The number of benzene rings is 2. The fraction of sp³-hybridized carbons (Fsp3) is 0.118. The van der Waals surface area contributed by atoms with Crippen molar-refractivity contribution in [3.05, 3.63) is 53.6 Å². The van der Waals surface area contributed by atoms with Gasteiger partial charge in [0.1, 0.15) is 0 Å². The molecule has 0 bridgehead atoms. The number of nitrogens with one attached hydrogen (secondary N) is 2. The molecule has 2 rings (SSSR count). The highest BCUT2D eigenvalue weighted by atomic mass is 19.4. The van der Waals surface area contributed by atoms with Gasteiger partial charge in [-0.1, -0.05) is 12.1 Å². The molecule has 0 unspecified atom stereocenters. The van der Waals surface area contributed by atoms with Gasteiger partial charge < -0.3 is 15.2 Å². The van der Waals surface area contributed by atoms with Crippen LogP contribution in [-0.4, -0.2) is 30.2 Å². The Labute approximate surface area is 151 Å². The smallest absolute Gasteiger partial charge is 0.416 e. The van der Waals surface area contributed by atoms with E-state index < -0.39 is 23.6 Å². The van der Waals surface area contributed by atoms with Gasteiger partial charge in [0.25, 0.3) is 0 Å². The van der Waals surface area contributed by atoms with Crippen LogP contribution in [0.1, 0.15) is 11.1 Å². The zero-order chi connectivity index (χ0) is 20.0. The molecule has 3 N–H and O–H groups in total. The number of aromatic hydroxyl groups is 1. The summed E-state index contributed by atoms with van der Waals surface area (Å²) < 4.78 is 42.8. The molecule has 0 saturated carbocycles. The Hall–Kier alpha value is -3.56. The van der Waals surface area contributed by atoms with E-state index >= 15 is 0 Å². The predicted molar refractivity (Wildman–Crippen MR) is 90.5 cm³/mol. The van der Waals surface area contributed by atoms with E-state index in [9.17, 15) is 27.9 Å². The fourth-order valence-corrected chi connectivity index (χ4v) is 1.98. The Balaban J connectivity index is 2.00. The SMILES string of the molecule is COc1cccc(/C=N\NC(=O)C(=O)Nc2cccc(C(F)(F)F)c2)c1O. The Bertz CT molecular complexity index is 882. The van der Waals surface area contributed by atoms with Gasteiger partial charge in [0.05, 0.1) is 18.9 Å². The number of ether oxygens (including phenoxy) is 1. The van der Waals surface area contributed by atoms with Crippen LogP contribution in [0.3, 0.4) is 0 Å². The van der Waals surface area contributed by atoms with Crippen LogP contribution in [0.5, 0.6) is 11.5 Å². The lowest BCUT2D eigenvalue weighted by Crippen LogP contribution is -2.32. The van der Waals surface area contributed by atoms with Gasteiger partial charge in [-0.05, 0) is 30.3 Å². The molecular weight excluding hydrogens is 367 g/mol. The number of halogens is 3. The molecule has 0 aliphatic carbocycles. The van der Waals surface area contributed by atoms with Crippen molar-refractivity contribution in [2.45, 2.75) is 6.18 Å². The lowest BCUT2D eigenvalue weighted by atomic mass is 10.2. The molecule has 0 aliphatic heterocycles. The van der Waals surface area contributed by atoms with E-state index in [1.165, 1.54) is 25.3 Å². The average Bonchev–Trinajstić information content (AvgIpc) is 2.62. The molecule has 0 aliphatic rings. The first-order valence-corrected chi connectivity index (χ1v) is 7.40. The standard InChI is InChI=1S/C17H14F3N3O4/c1-27-13-7-2-4-10(14(13)24)9-21-23-16(26)15(25)22-12-6-3-5-11(8-12)17(18,19)20/h2-9,24H,1H3,(H,22,25)(H,23,26)/b21-9-. The minimum atomic E-state index is -4.58. The van der Waals surface area contributed by atoms with Crippen LogP contribution < -0.4 is 15.5 Å². The summed E-state index contributed by atoms with van der Waals surface area (Å²) in [7, 11) is 1.36. The molecule has 0 atom stereocenters. The Morgan fingerprint density at radius 2 is 1.85 bits per heavy atom. The molecule has 142 valence electrons. The van der Waals surface area contributed by atoms with Crippen LogP contribution in [0, 0.1) is 0 Å². The first-order valence-electron chi connectivity index (χ1n) is 7.40. The van der Waals surface area contributed by atoms with Gasteiger partial charge in [0.2, 0.25) is 0 Å². The molecule has 0 spiro atoms. The number of hydrogen-bond acceptors (Lipinski definition) is 5. The quantitative estimate of drug-likeness (QED) is 0.430. The van der Waals surface area contributed by atoms with Gasteiger partial charge >= 0.3 is 18.0 Å². The lowest BCUT2D eigenvalue weighted by Gasteiger charge is -2.09. The molecule has 0 aromatic heterocycles. The summed E-state index contributed by atoms with van der Waals surface area (Å²) in [5.74, 6) is -2.44. The summed E-state index contributed by atoms with van der Waals surface area (Å²) in [5.41, 5.74) is 0.960. The van der Waals surface area contributed by atoms with Crippen molar-refractivity contribution >= 4 is 23.7 Å². The molecular formula is C17H14F3N3O4. The van der Waals surface area contributed by atoms with Crippen molar-refractivity contribution in [3.8, 4) is 11.5 Å². The highest BCUT2D eigenvalue weighted by molar-refractivity contribution is 6.39. The number of hydrogen-bond donors (Lipinski definition) is 3. The number of rotatable bonds is 4. The summed E-state index contributed by atoms with van der Waals surface area (Å²) in [6.45, 7) is 0. The molecule has 0 radical (unpaired) electrons. The van der Waals surface area contributed by atoms with Crippen LogP contribution in [0.15, 0.2) is 47.6 Å². The summed E-state index contributed by atoms with van der Waals surface area (Å²) in [6, 6.07) is 8.40. The second kappa shape index (κ2) is 8.21. The summed E-state index contributed by atoms with van der Waals surface area (Å²) in [5, 5.41) is 15.4. The molecule has 0 heterocycles. The number of hydrazone groups is 1. The number of phenolic OH excluding ortho intramolecular Hbond substituents is 1. The van der Waals surface area contributed by atoms with Crippen molar-refractivity contribution in [3.63, 3.8) is 0 Å². The maximum Gasteiger partial charge on any atom is 0.416 e. The highest BCUT2D eigenvalue weighted by Crippen LogP contribution is 2.30. The van der Waals surface area contributed by atoms with Crippen LogP contribution in [0.25, 0.3) is 0 Å².